The molecule has 0 aromatic carbocycles. The number of hydrogen-bond donors (Lipinski definition) is 6. The Balaban J connectivity index is 4.93. The lowest BCUT2D eigenvalue weighted by molar-refractivity contribution is -0.143. The summed E-state index contributed by atoms with van der Waals surface area (Å²) >= 11 is 0. The second-order valence-corrected chi connectivity index (χ2v) is 6.91. The predicted molar refractivity (Wildman–Crippen MR) is 98.7 cm³/mol. The maximum absolute atomic E-state index is 12.5. The molecular weight excluding hydrogens is 356 g/mol. The van der Waals surface area contributed by atoms with E-state index < -0.39 is 48.3 Å². The van der Waals surface area contributed by atoms with Crippen molar-refractivity contribution in [1.82, 2.24) is 10.6 Å². The number of nitrogens with two attached hydrogens (primary N) is 2. The van der Waals surface area contributed by atoms with Crippen LogP contribution in [0.3, 0.4) is 0 Å². The highest BCUT2D eigenvalue weighted by Crippen LogP contribution is 2.08. The molecule has 0 aliphatic rings. The third kappa shape index (κ3) is 11.2. The van der Waals surface area contributed by atoms with E-state index in [9.17, 15) is 19.2 Å². The molecule has 0 heterocycles. The standard InChI is InChI=1S/C17H32N4O6/c1-10(2)9-13(21-15(24)11(19)5-3-4-8-18)16(25)20-12(17(26)27)6-7-14(22)23/h10-13H,3-9,18-19H2,1-2H3,(H,20,25)(H,21,24)(H,22,23)(H,26,27)/t11-,12-,13-/m0/s1. The lowest BCUT2D eigenvalue weighted by Gasteiger charge is -2.24. The molecule has 0 bridgehead atoms. The fraction of sp³-hybridized carbons (Fsp3) is 0.765. The van der Waals surface area contributed by atoms with Crippen molar-refractivity contribution in [3.05, 3.63) is 0 Å². The first-order chi connectivity index (χ1) is 12.6. The zero-order valence-electron chi connectivity index (χ0n) is 15.9. The van der Waals surface area contributed by atoms with Crippen molar-refractivity contribution in [2.75, 3.05) is 6.54 Å². The Morgan fingerprint density at radius 2 is 1.52 bits per heavy atom. The Morgan fingerprint density at radius 3 is 2.00 bits per heavy atom. The summed E-state index contributed by atoms with van der Waals surface area (Å²) < 4.78 is 0. The number of carboxylic acids is 2. The lowest BCUT2D eigenvalue weighted by atomic mass is 10.0. The molecule has 0 aliphatic heterocycles. The van der Waals surface area contributed by atoms with Crippen molar-refractivity contribution in [3.63, 3.8) is 0 Å². The number of carbonyl (C=O) groups excluding carboxylic acids is 2. The molecule has 0 aliphatic carbocycles. The molecule has 0 rings (SSSR count). The quantitative estimate of drug-likeness (QED) is 0.213. The molecule has 0 aromatic heterocycles. The average Bonchev–Trinajstić information content (AvgIpc) is 2.56. The number of amides is 2. The van der Waals surface area contributed by atoms with E-state index in [0.717, 1.165) is 6.42 Å². The van der Waals surface area contributed by atoms with Gasteiger partial charge in [-0.2, -0.15) is 0 Å². The van der Waals surface area contributed by atoms with Crippen LogP contribution in [0.5, 0.6) is 0 Å². The minimum Gasteiger partial charge on any atom is -0.481 e. The number of hydrogen-bond acceptors (Lipinski definition) is 6. The van der Waals surface area contributed by atoms with Crippen LogP contribution >= 0.6 is 0 Å². The summed E-state index contributed by atoms with van der Waals surface area (Å²) in [4.78, 5) is 46.6. The largest absolute Gasteiger partial charge is 0.481 e. The summed E-state index contributed by atoms with van der Waals surface area (Å²) in [6.45, 7) is 4.21. The molecule has 0 unspecified atom stereocenters. The van der Waals surface area contributed by atoms with Gasteiger partial charge in [0.1, 0.15) is 12.1 Å². The third-order valence-corrected chi connectivity index (χ3v) is 3.91. The molecule has 27 heavy (non-hydrogen) atoms. The highest BCUT2D eigenvalue weighted by Gasteiger charge is 2.28. The topological polar surface area (TPSA) is 185 Å². The Labute approximate surface area is 159 Å². The summed E-state index contributed by atoms with van der Waals surface area (Å²) in [5.74, 6) is -3.62. The lowest BCUT2D eigenvalue weighted by Crippen LogP contribution is -2.54. The first kappa shape index (κ1) is 24.8. The van der Waals surface area contributed by atoms with Crippen LogP contribution in [0.25, 0.3) is 0 Å². The molecule has 2 amide bonds. The summed E-state index contributed by atoms with van der Waals surface area (Å²) in [6, 6.07) is -3.09. The second kappa shape index (κ2) is 13.0. The van der Waals surface area contributed by atoms with Crippen LogP contribution in [0.15, 0.2) is 0 Å². The van der Waals surface area contributed by atoms with Gasteiger partial charge in [-0.15, -0.1) is 0 Å². The average molecular weight is 388 g/mol. The van der Waals surface area contributed by atoms with Gasteiger partial charge < -0.3 is 32.3 Å². The second-order valence-electron chi connectivity index (χ2n) is 6.91. The molecule has 156 valence electrons. The molecule has 0 aromatic rings. The number of unbranched alkanes of at least 4 members (excludes halogenated alkanes) is 1. The van der Waals surface area contributed by atoms with Crippen LogP contribution in [0, 0.1) is 5.92 Å². The molecule has 0 fully saturated rings. The highest BCUT2D eigenvalue weighted by molar-refractivity contribution is 5.91. The molecule has 0 saturated carbocycles. The minimum absolute atomic E-state index is 0.0526. The van der Waals surface area contributed by atoms with E-state index in [4.69, 9.17) is 21.7 Å². The summed E-state index contributed by atoms with van der Waals surface area (Å²) in [5.41, 5.74) is 11.2. The van der Waals surface area contributed by atoms with Crippen LogP contribution in [-0.4, -0.2) is 58.6 Å². The van der Waals surface area contributed by atoms with Crippen molar-refractivity contribution in [2.24, 2.45) is 17.4 Å². The summed E-state index contributed by atoms with van der Waals surface area (Å²) in [7, 11) is 0. The number of carbonyl (C=O) groups is 4. The SMILES string of the molecule is CC(C)C[C@H](NC(=O)[C@@H](N)CCCCN)C(=O)N[C@@H](CCC(=O)O)C(=O)O. The maximum Gasteiger partial charge on any atom is 0.326 e. The van der Waals surface area contributed by atoms with Gasteiger partial charge in [-0.25, -0.2) is 4.79 Å². The Morgan fingerprint density at radius 1 is 0.926 bits per heavy atom. The first-order valence-electron chi connectivity index (χ1n) is 9.09. The zero-order valence-corrected chi connectivity index (χ0v) is 15.9. The monoisotopic (exact) mass is 388 g/mol. The van der Waals surface area contributed by atoms with Crippen LogP contribution in [0.4, 0.5) is 0 Å². The van der Waals surface area contributed by atoms with E-state index in [1.807, 2.05) is 13.8 Å². The van der Waals surface area contributed by atoms with Gasteiger partial charge in [-0.05, 0) is 38.1 Å². The van der Waals surface area contributed by atoms with Crippen molar-refractivity contribution >= 4 is 23.8 Å². The van der Waals surface area contributed by atoms with Crippen LogP contribution in [0.1, 0.15) is 52.4 Å². The molecule has 0 saturated heterocycles. The fourth-order valence-corrected chi connectivity index (χ4v) is 2.42. The van der Waals surface area contributed by atoms with Crippen molar-refractivity contribution in [2.45, 2.75) is 70.5 Å². The molecule has 10 heteroatoms. The summed E-state index contributed by atoms with van der Waals surface area (Å²) in [5, 5.41) is 22.7. The predicted octanol–water partition coefficient (Wildman–Crippen LogP) is -0.592. The van der Waals surface area contributed by atoms with Gasteiger partial charge in [0, 0.05) is 6.42 Å². The van der Waals surface area contributed by atoms with Crippen LogP contribution < -0.4 is 22.1 Å². The molecule has 3 atom stereocenters. The van der Waals surface area contributed by atoms with Crippen LogP contribution in [0.2, 0.25) is 0 Å². The van der Waals surface area contributed by atoms with Gasteiger partial charge in [-0.1, -0.05) is 20.3 Å². The van der Waals surface area contributed by atoms with Gasteiger partial charge in [-0.3, -0.25) is 14.4 Å². The van der Waals surface area contributed by atoms with E-state index in [2.05, 4.69) is 10.6 Å². The summed E-state index contributed by atoms with van der Waals surface area (Å²) in [6.07, 6.45) is 1.48. The van der Waals surface area contributed by atoms with Crippen molar-refractivity contribution < 1.29 is 29.4 Å². The normalized spacial score (nSPS) is 14.3. The van der Waals surface area contributed by atoms with Gasteiger partial charge in [0.15, 0.2) is 0 Å². The zero-order chi connectivity index (χ0) is 21.0. The van der Waals surface area contributed by atoms with E-state index >= 15 is 0 Å². The van der Waals surface area contributed by atoms with E-state index in [-0.39, 0.29) is 12.3 Å². The van der Waals surface area contributed by atoms with Crippen molar-refractivity contribution in [1.29, 1.82) is 0 Å². The Bertz CT molecular complexity index is 512. The number of rotatable bonds is 14. The fourth-order valence-electron chi connectivity index (χ4n) is 2.42. The van der Waals surface area contributed by atoms with Crippen molar-refractivity contribution in [3.8, 4) is 0 Å². The van der Waals surface area contributed by atoms with Gasteiger partial charge in [0.25, 0.3) is 0 Å². The van der Waals surface area contributed by atoms with E-state index in [0.29, 0.717) is 25.8 Å². The minimum atomic E-state index is -1.35. The molecule has 0 spiro atoms. The van der Waals surface area contributed by atoms with Crippen LogP contribution in [-0.2, 0) is 19.2 Å². The first-order valence-corrected chi connectivity index (χ1v) is 9.09. The molecule has 0 radical (unpaired) electrons. The number of nitrogens with one attached hydrogen (secondary N) is 2. The maximum atomic E-state index is 12.5. The third-order valence-electron chi connectivity index (χ3n) is 3.91. The van der Waals surface area contributed by atoms with Gasteiger partial charge in [0.2, 0.25) is 11.8 Å². The molecular formula is C17H32N4O6. The number of aliphatic carboxylic acids is 2. The Hall–Kier alpha value is -2.20. The molecule has 8 N–H and O–H groups in total. The van der Waals surface area contributed by atoms with E-state index in [1.165, 1.54) is 0 Å². The smallest absolute Gasteiger partial charge is 0.326 e. The van der Waals surface area contributed by atoms with Gasteiger partial charge in [0.05, 0.1) is 6.04 Å². The van der Waals surface area contributed by atoms with Gasteiger partial charge >= 0.3 is 11.9 Å². The Kier molecular flexibility index (Phi) is 12.0. The highest BCUT2D eigenvalue weighted by atomic mass is 16.4. The number of carboxylic acid groups (broad SMARTS) is 2. The van der Waals surface area contributed by atoms with E-state index in [1.54, 1.807) is 0 Å². The molecule has 10 nitrogen and oxygen atoms in total.